The van der Waals surface area contributed by atoms with Gasteiger partial charge in [0.1, 0.15) is 5.60 Å². The second-order valence-electron chi connectivity index (χ2n) is 6.35. The van der Waals surface area contributed by atoms with Gasteiger partial charge in [-0.15, -0.1) is 6.58 Å². The summed E-state index contributed by atoms with van der Waals surface area (Å²) < 4.78 is 5.74. The largest absolute Gasteiger partial charge is 0.355 e. The standard InChI is InChI=1S/C15H22O2/c1-7-14(6)9-12(16)15(13(4,5)17-15)8-11(14)10(2)3/h7,11H,1-2,8-9H2,3-6H3/t11-,14+,15-/m0/s1. The fraction of sp³-hybridized carbons (Fsp3) is 0.667. The summed E-state index contributed by atoms with van der Waals surface area (Å²) in [5.74, 6) is 0.502. The highest BCUT2D eigenvalue weighted by Crippen LogP contribution is 2.60. The lowest BCUT2D eigenvalue weighted by Crippen LogP contribution is -2.46. The molecule has 1 saturated carbocycles. The molecule has 3 atom stereocenters. The summed E-state index contributed by atoms with van der Waals surface area (Å²) in [5, 5.41) is 0. The van der Waals surface area contributed by atoms with Crippen molar-refractivity contribution in [2.24, 2.45) is 11.3 Å². The molecule has 2 heteroatoms. The molecule has 2 rings (SSSR count). The summed E-state index contributed by atoms with van der Waals surface area (Å²) in [6.07, 6.45) is 3.17. The predicted octanol–water partition coefficient (Wildman–Crippen LogP) is 3.28. The molecule has 1 saturated heterocycles. The molecule has 1 heterocycles. The van der Waals surface area contributed by atoms with Gasteiger partial charge in [0.2, 0.25) is 0 Å². The van der Waals surface area contributed by atoms with Gasteiger partial charge < -0.3 is 4.74 Å². The quantitative estimate of drug-likeness (QED) is 0.542. The number of ether oxygens (including phenoxy) is 1. The number of ketones is 1. The molecule has 0 unspecified atom stereocenters. The van der Waals surface area contributed by atoms with Crippen LogP contribution in [0.2, 0.25) is 0 Å². The van der Waals surface area contributed by atoms with Crippen LogP contribution < -0.4 is 0 Å². The third-order valence-electron chi connectivity index (χ3n) is 4.70. The molecule has 0 radical (unpaired) electrons. The van der Waals surface area contributed by atoms with E-state index in [4.69, 9.17) is 4.74 Å². The monoisotopic (exact) mass is 234 g/mol. The Kier molecular flexibility index (Phi) is 2.45. The Hall–Kier alpha value is -0.890. The number of carbonyl (C=O) groups excluding carboxylic acids is 1. The highest BCUT2D eigenvalue weighted by molar-refractivity contribution is 5.93. The maximum atomic E-state index is 12.3. The van der Waals surface area contributed by atoms with Crippen LogP contribution in [0.5, 0.6) is 0 Å². The average Bonchev–Trinajstić information content (AvgIpc) is 2.76. The number of hydrogen-bond acceptors (Lipinski definition) is 2. The van der Waals surface area contributed by atoms with E-state index in [1.165, 1.54) is 0 Å². The summed E-state index contributed by atoms with van der Waals surface area (Å²) in [6, 6.07) is 0. The SMILES string of the molecule is C=C[C@]1(C)CC(=O)[C@]2(C[C@H]1C(=C)C)OC2(C)C. The first-order valence-electron chi connectivity index (χ1n) is 6.21. The molecule has 1 aliphatic carbocycles. The molecule has 2 aliphatic rings. The van der Waals surface area contributed by atoms with E-state index in [1.54, 1.807) is 0 Å². The third-order valence-corrected chi connectivity index (χ3v) is 4.70. The van der Waals surface area contributed by atoms with Gasteiger partial charge in [-0.1, -0.05) is 25.2 Å². The molecule has 0 aromatic rings. The lowest BCUT2D eigenvalue weighted by molar-refractivity contribution is -0.130. The predicted molar refractivity (Wildman–Crippen MR) is 68.7 cm³/mol. The maximum Gasteiger partial charge on any atom is 0.168 e. The van der Waals surface area contributed by atoms with Gasteiger partial charge in [0.15, 0.2) is 11.4 Å². The van der Waals surface area contributed by atoms with Crippen LogP contribution in [0.25, 0.3) is 0 Å². The van der Waals surface area contributed by atoms with Crippen LogP contribution in [0.3, 0.4) is 0 Å². The molecule has 0 amide bonds. The summed E-state index contributed by atoms with van der Waals surface area (Å²) in [7, 11) is 0. The van der Waals surface area contributed by atoms with Crippen molar-refractivity contribution in [1.29, 1.82) is 0 Å². The van der Waals surface area contributed by atoms with Gasteiger partial charge in [0.05, 0.1) is 0 Å². The van der Waals surface area contributed by atoms with Gasteiger partial charge in [0.25, 0.3) is 0 Å². The summed E-state index contributed by atoms with van der Waals surface area (Å²) in [4.78, 5) is 12.3. The minimum atomic E-state index is -0.556. The van der Waals surface area contributed by atoms with Crippen molar-refractivity contribution in [3.8, 4) is 0 Å². The van der Waals surface area contributed by atoms with Crippen molar-refractivity contribution in [2.45, 2.75) is 51.7 Å². The van der Waals surface area contributed by atoms with E-state index in [1.807, 2.05) is 26.8 Å². The molecular weight excluding hydrogens is 212 g/mol. The number of hydrogen-bond donors (Lipinski definition) is 0. The van der Waals surface area contributed by atoms with Crippen molar-refractivity contribution < 1.29 is 9.53 Å². The fourth-order valence-electron chi connectivity index (χ4n) is 3.29. The summed E-state index contributed by atoms with van der Waals surface area (Å²) in [6.45, 7) is 16.1. The Morgan fingerprint density at radius 2 is 2.00 bits per heavy atom. The smallest absolute Gasteiger partial charge is 0.168 e. The van der Waals surface area contributed by atoms with Crippen molar-refractivity contribution in [1.82, 2.24) is 0 Å². The molecule has 0 aromatic carbocycles. The summed E-state index contributed by atoms with van der Waals surface area (Å²) >= 11 is 0. The van der Waals surface area contributed by atoms with Crippen LogP contribution in [-0.2, 0) is 9.53 Å². The normalized spacial score (nSPS) is 43.5. The van der Waals surface area contributed by atoms with Gasteiger partial charge in [-0.3, -0.25) is 4.79 Å². The Labute approximate surface area is 104 Å². The van der Waals surface area contributed by atoms with Crippen molar-refractivity contribution in [3.05, 3.63) is 24.8 Å². The fourth-order valence-corrected chi connectivity index (χ4v) is 3.29. The number of epoxide rings is 1. The third kappa shape index (κ3) is 1.54. The number of rotatable bonds is 2. The topological polar surface area (TPSA) is 29.6 Å². The van der Waals surface area contributed by atoms with E-state index in [0.717, 1.165) is 12.0 Å². The van der Waals surface area contributed by atoms with Gasteiger partial charge in [-0.25, -0.2) is 0 Å². The van der Waals surface area contributed by atoms with Crippen LogP contribution in [0.15, 0.2) is 24.8 Å². The molecule has 0 aromatic heterocycles. The molecule has 1 spiro atoms. The van der Waals surface area contributed by atoms with E-state index in [2.05, 4.69) is 20.1 Å². The summed E-state index contributed by atoms with van der Waals surface area (Å²) in [5.41, 5.74) is 0.0841. The van der Waals surface area contributed by atoms with Crippen molar-refractivity contribution in [3.63, 3.8) is 0 Å². The van der Waals surface area contributed by atoms with Gasteiger partial charge in [-0.2, -0.15) is 0 Å². The number of allylic oxidation sites excluding steroid dienone is 2. The zero-order valence-corrected chi connectivity index (χ0v) is 11.3. The molecule has 0 N–H and O–H groups in total. The minimum absolute atomic E-state index is 0.170. The van der Waals surface area contributed by atoms with Crippen LogP contribution in [0.4, 0.5) is 0 Å². The van der Waals surface area contributed by atoms with Crippen LogP contribution >= 0.6 is 0 Å². The van der Waals surface area contributed by atoms with Crippen LogP contribution in [-0.4, -0.2) is 17.0 Å². The minimum Gasteiger partial charge on any atom is -0.355 e. The Balaban J connectivity index is 2.36. The lowest BCUT2D eigenvalue weighted by atomic mass is 9.60. The van der Waals surface area contributed by atoms with Gasteiger partial charge in [0, 0.05) is 6.42 Å². The van der Waals surface area contributed by atoms with E-state index >= 15 is 0 Å². The molecule has 94 valence electrons. The Morgan fingerprint density at radius 1 is 1.47 bits per heavy atom. The first kappa shape index (κ1) is 12.6. The molecule has 1 aliphatic heterocycles. The zero-order chi connectivity index (χ0) is 13.1. The highest BCUT2D eigenvalue weighted by atomic mass is 16.6. The zero-order valence-electron chi connectivity index (χ0n) is 11.3. The first-order valence-corrected chi connectivity index (χ1v) is 6.21. The van der Waals surface area contributed by atoms with E-state index in [0.29, 0.717) is 6.42 Å². The molecule has 0 bridgehead atoms. The maximum absolute atomic E-state index is 12.3. The first-order chi connectivity index (χ1) is 7.68. The van der Waals surface area contributed by atoms with Crippen molar-refractivity contribution in [2.75, 3.05) is 0 Å². The van der Waals surface area contributed by atoms with E-state index in [9.17, 15) is 4.79 Å². The van der Waals surface area contributed by atoms with Gasteiger partial charge >= 0.3 is 0 Å². The van der Waals surface area contributed by atoms with E-state index < -0.39 is 5.60 Å². The molecular formula is C15H22O2. The Bertz CT molecular complexity index is 407. The highest BCUT2D eigenvalue weighted by Gasteiger charge is 2.71. The number of Topliss-reactive ketones (excluding diaryl/α,β-unsaturated/α-hetero) is 1. The molecule has 17 heavy (non-hydrogen) atoms. The molecule has 2 nitrogen and oxygen atoms in total. The molecule has 2 fully saturated rings. The second kappa shape index (κ2) is 3.32. The van der Waals surface area contributed by atoms with E-state index in [-0.39, 0.29) is 22.7 Å². The van der Waals surface area contributed by atoms with Crippen LogP contribution in [0.1, 0.15) is 40.5 Å². The Morgan fingerprint density at radius 3 is 2.35 bits per heavy atom. The lowest BCUT2D eigenvalue weighted by Gasteiger charge is -2.42. The van der Waals surface area contributed by atoms with Crippen LogP contribution in [0, 0.1) is 11.3 Å². The van der Waals surface area contributed by atoms with Crippen molar-refractivity contribution >= 4 is 5.78 Å². The van der Waals surface area contributed by atoms with Gasteiger partial charge in [-0.05, 0) is 38.5 Å². The second-order valence-corrected chi connectivity index (χ2v) is 6.35. The average molecular weight is 234 g/mol. The number of carbonyl (C=O) groups is 1.